The molecule has 1 rings (SSSR count). The third-order valence-electron chi connectivity index (χ3n) is 3.55. The van der Waals surface area contributed by atoms with Gasteiger partial charge in [-0.2, -0.15) is 0 Å². The molecule has 0 bridgehead atoms. The Morgan fingerprint density at radius 1 is 1.09 bits per heavy atom. The van der Waals surface area contributed by atoms with Gasteiger partial charge in [0, 0.05) is 24.9 Å². The van der Waals surface area contributed by atoms with Gasteiger partial charge in [-0.05, 0) is 30.4 Å². The lowest BCUT2D eigenvalue weighted by Crippen LogP contribution is -2.31. The van der Waals surface area contributed by atoms with Crippen LogP contribution < -0.4 is 11.1 Å². The SMILES string of the molecule is CC(C)Cc1ccc(C(=O)CCC(=O)NCC(C)CN)cc1.Cl. The van der Waals surface area contributed by atoms with Crippen LogP contribution in [0.4, 0.5) is 0 Å². The molecule has 1 atom stereocenters. The summed E-state index contributed by atoms with van der Waals surface area (Å²) in [4.78, 5) is 23.7. The van der Waals surface area contributed by atoms with Crippen molar-refractivity contribution < 1.29 is 9.59 Å². The summed E-state index contributed by atoms with van der Waals surface area (Å²) in [6.07, 6.45) is 1.48. The predicted octanol–water partition coefficient (Wildman–Crippen LogP) is 2.98. The van der Waals surface area contributed by atoms with Crippen molar-refractivity contribution in [3.63, 3.8) is 0 Å². The Morgan fingerprint density at radius 2 is 1.70 bits per heavy atom. The molecule has 0 saturated heterocycles. The molecule has 130 valence electrons. The smallest absolute Gasteiger partial charge is 0.220 e. The van der Waals surface area contributed by atoms with Crippen LogP contribution in [0.5, 0.6) is 0 Å². The molecule has 0 aliphatic carbocycles. The summed E-state index contributed by atoms with van der Waals surface area (Å²) in [6, 6.07) is 7.70. The first-order valence-corrected chi connectivity index (χ1v) is 8.01. The minimum atomic E-state index is -0.0925. The van der Waals surface area contributed by atoms with Crippen molar-refractivity contribution in [2.45, 2.75) is 40.0 Å². The van der Waals surface area contributed by atoms with Crippen LogP contribution in [0.25, 0.3) is 0 Å². The second-order valence-electron chi connectivity index (χ2n) is 6.36. The molecule has 0 fully saturated rings. The summed E-state index contributed by atoms with van der Waals surface area (Å²) in [5.74, 6) is 0.775. The van der Waals surface area contributed by atoms with E-state index in [-0.39, 0.29) is 42.9 Å². The van der Waals surface area contributed by atoms with E-state index in [1.807, 2.05) is 31.2 Å². The van der Waals surface area contributed by atoms with Crippen LogP contribution in [0.3, 0.4) is 0 Å². The van der Waals surface area contributed by atoms with Crippen molar-refractivity contribution in [3.8, 4) is 0 Å². The van der Waals surface area contributed by atoms with Crippen molar-refractivity contribution in [1.82, 2.24) is 5.32 Å². The van der Waals surface area contributed by atoms with E-state index in [1.54, 1.807) is 0 Å². The van der Waals surface area contributed by atoms with Crippen LogP contribution in [0.2, 0.25) is 0 Å². The minimum Gasteiger partial charge on any atom is -0.356 e. The summed E-state index contributed by atoms with van der Waals surface area (Å²) >= 11 is 0. The topological polar surface area (TPSA) is 72.2 Å². The van der Waals surface area contributed by atoms with E-state index in [0.29, 0.717) is 24.6 Å². The van der Waals surface area contributed by atoms with Gasteiger partial charge < -0.3 is 11.1 Å². The number of halogens is 1. The third-order valence-corrected chi connectivity index (χ3v) is 3.55. The van der Waals surface area contributed by atoms with E-state index in [4.69, 9.17) is 5.73 Å². The van der Waals surface area contributed by atoms with E-state index in [1.165, 1.54) is 5.56 Å². The molecule has 0 aromatic heterocycles. The van der Waals surface area contributed by atoms with Crippen LogP contribution in [-0.4, -0.2) is 24.8 Å². The van der Waals surface area contributed by atoms with Crippen LogP contribution in [0, 0.1) is 11.8 Å². The Labute approximate surface area is 145 Å². The van der Waals surface area contributed by atoms with E-state index in [2.05, 4.69) is 19.2 Å². The highest BCUT2D eigenvalue weighted by Gasteiger charge is 2.10. The average Bonchev–Trinajstić information content (AvgIpc) is 2.50. The third kappa shape index (κ3) is 8.72. The summed E-state index contributed by atoms with van der Waals surface area (Å²) in [5.41, 5.74) is 7.41. The van der Waals surface area contributed by atoms with Crippen LogP contribution in [-0.2, 0) is 11.2 Å². The lowest BCUT2D eigenvalue weighted by Gasteiger charge is -2.10. The Balaban J connectivity index is 0.00000484. The molecular formula is C18H29ClN2O2. The zero-order valence-electron chi connectivity index (χ0n) is 14.3. The standard InChI is InChI=1S/C18H28N2O2.ClH/c1-13(2)10-15-4-6-16(7-5-15)17(21)8-9-18(22)20-12-14(3)11-19;/h4-7,13-14H,8-12,19H2,1-3H3,(H,20,22);1H. The molecule has 1 amide bonds. The number of nitrogens with two attached hydrogens (primary N) is 1. The number of carbonyl (C=O) groups excluding carboxylic acids is 2. The number of amides is 1. The number of Topliss-reactive ketones (excluding diaryl/α,β-unsaturated/α-hetero) is 1. The molecule has 0 saturated carbocycles. The second-order valence-corrected chi connectivity index (χ2v) is 6.36. The van der Waals surface area contributed by atoms with E-state index < -0.39 is 0 Å². The molecule has 0 radical (unpaired) electrons. The fraction of sp³-hybridized carbons (Fsp3) is 0.556. The first-order chi connectivity index (χ1) is 10.4. The Morgan fingerprint density at radius 3 is 2.22 bits per heavy atom. The van der Waals surface area contributed by atoms with Gasteiger partial charge in [0.2, 0.25) is 5.91 Å². The summed E-state index contributed by atoms with van der Waals surface area (Å²) in [7, 11) is 0. The van der Waals surface area contributed by atoms with Gasteiger partial charge in [-0.3, -0.25) is 9.59 Å². The van der Waals surface area contributed by atoms with Gasteiger partial charge in [0.15, 0.2) is 5.78 Å². The van der Waals surface area contributed by atoms with Gasteiger partial charge in [-0.1, -0.05) is 45.0 Å². The summed E-state index contributed by atoms with van der Waals surface area (Å²) in [5, 5.41) is 2.80. The van der Waals surface area contributed by atoms with Crippen molar-refractivity contribution in [2.75, 3.05) is 13.1 Å². The fourth-order valence-electron chi connectivity index (χ4n) is 2.13. The monoisotopic (exact) mass is 340 g/mol. The Kier molecular flexibility index (Phi) is 10.5. The average molecular weight is 341 g/mol. The maximum Gasteiger partial charge on any atom is 0.220 e. The number of benzene rings is 1. The van der Waals surface area contributed by atoms with Crippen molar-refractivity contribution in [2.24, 2.45) is 17.6 Å². The van der Waals surface area contributed by atoms with Gasteiger partial charge in [0.1, 0.15) is 0 Å². The van der Waals surface area contributed by atoms with E-state index in [0.717, 1.165) is 6.42 Å². The van der Waals surface area contributed by atoms with Crippen LogP contribution in [0.15, 0.2) is 24.3 Å². The Hall–Kier alpha value is -1.39. The number of ketones is 1. The van der Waals surface area contributed by atoms with Gasteiger partial charge in [-0.25, -0.2) is 0 Å². The first kappa shape index (κ1) is 21.6. The van der Waals surface area contributed by atoms with E-state index in [9.17, 15) is 9.59 Å². The summed E-state index contributed by atoms with van der Waals surface area (Å²) < 4.78 is 0. The van der Waals surface area contributed by atoms with Gasteiger partial charge in [-0.15, -0.1) is 12.4 Å². The molecular weight excluding hydrogens is 312 g/mol. The number of rotatable bonds is 9. The van der Waals surface area contributed by atoms with Gasteiger partial charge >= 0.3 is 0 Å². The van der Waals surface area contributed by atoms with Crippen molar-refractivity contribution in [1.29, 1.82) is 0 Å². The van der Waals surface area contributed by atoms with Crippen LogP contribution in [0.1, 0.15) is 49.5 Å². The van der Waals surface area contributed by atoms with E-state index >= 15 is 0 Å². The number of nitrogens with one attached hydrogen (secondary N) is 1. The molecule has 0 aliphatic heterocycles. The van der Waals surface area contributed by atoms with Crippen molar-refractivity contribution >= 4 is 24.1 Å². The second kappa shape index (κ2) is 11.2. The largest absolute Gasteiger partial charge is 0.356 e. The molecule has 0 spiro atoms. The number of hydrogen-bond acceptors (Lipinski definition) is 3. The molecule has 1 unspecified atom stereocenters. The summed E-state index contributed by atoms with van der Waals surface area (Å²) in [6.45, 7) is 7.42. The zero-order chi connectivity index (χ0) is 16.5. The lowest BCUT2D eigenvalue weighted by molar-refractivity contribution is -0.121. The number of carbonyl (C=O) groups is 2. The molecule has 23 heavy (non-hydrogen) atoms. The zero-order valence-corrected chi connectivity index (χ0v) is 15.1. The molecule has 1 aromatic rings. The molecule has 0 aliphatic rings. The van der Waals surface area contributed by atoms with Gasteiger partial charge in [0.05, 0.1) is 0 Å². The predicted molar refractivity (Wildman–Crippen MR) is 97.0 cm³/mol. The quantitative estimate of drug-likeness (QED) is 0.679. The normalized spacial score (nSPS) is 11.7. The van der Waals surface area contributed by atoms with Crippen LogP contribution >= 0.6 is 12.4 Å². The fourth-order valence-corrected chi connectivity index (χ4v) is 2.13. The highest BCUT2D eigenvalue weighted by Crippen LogP contribution is 2.12. The highest BCUT2D eigenvalue weighted by atomic mass is 35.5. The lowest BCUT2D eigenvalue weighted by atomic mass is 9.99. The minimum absolute atomic E-state index is 0. The van der Waals surface area contributed by atoms with Gasteiger partial charge in [0.25, 0.3) is 0 Å². The molecule has 5 heteroatoms. The van der Waals surface area contributed by atoms with Crippen molar-refractivity contribution in [3.05, 3.63) is 35.4 Å². The maximum atomic E-state index is 12.1. The maximum absolute atomic E-state index is 12.1. The molecule has 3 N–H and O–H groups in total. The number of hydrogen-bond donors (Lipinski definition) is 2. The molecule has 0 heterocycles. The molecule has 4 nitrogen and oxygen atoms in total. The Bertz CT molecular complexity index is 486. The first-order valence-electron chi connectivity index (χ1n) is 8.01. The molecule has 1 aromatic carbocycles. The highest BCUT2D eigenvalue weighted by molar-refractivity contribution is 5.97.